The molecule has 1 fully saturated rings. The van der Waals surface area contributed by atoms with Gasteiger partial charge < -0.3 is 0 Å². The molecule has 8 nitrogen and oxygen atoms in total. The number of unbranched alkanes of at least 4 members (excludes halogenated alkanes) is 1. The number of tetrazole rings is 1. The lowest BCUT2D eigenvalue weighted by molar-refractivity contribution is 0.107. The number of H-pyrrole nitrogens is 1. The summed E-state index contributed by atoms with van der Waals surface area (Å²) in [5, 5.41) is 14.4. The first kappa shape index (κ1) is 22.3. The van der Waals surface area contributed by atoms with Crippen molar-refractivity contribution in [3.05, 3.63) is 70.5 Å². The van der Waals surface area contributed by atoms with Gasteiger partial charge in [0.2, 0.25) is 5.82 Å². The molecular weight excluding hydrogens is 426 g/mol. The molecule has 2 unspecified atom stereocenters. The van der Waals surface area contributed by atoms with Gasteiger partial charge in [-0.15, -0.1) is 10.2 Å². The van der Waals surface area contributed by atoms with Crippen molar-refractivity contribution >= 4 is 0 Å². The zero-order valence-electron chi connectivity index (χ0n) is 20.0. The lowest BCUT2D eigenvalue weighted by Gasteiger charge is -2.41. The SMILES string of the molecule is CCCCc1cn(C2C(C)CC2C)c(=O)n1Cc1ccc(-c2ccccc2-c2nn[nH]n2)nc1. The minimum atomic E-state index is 0.0982. The van der Waals surface area contributed by atoms with Gasteiger partial charge in [0.15, 0.2) is 0 Å². The smallest absolute Gasteiger partial charge is 0.295 e. The van der Waals surface area contributed by atoms with Crippen molar-refractivity contribution in [3.63, 3.8) is 0 Å². The zero-order chi connectivity index (χ0) is 23.7. The van der Waals surface area contributed by atoms with Gasteiger partial charge >= 0.3 is 5.69 Å². The molecule has 3 heterocycles. The standard InChI is InChI=1S/C26H31N7O/c1-4-5-8-20-16-33(24-17(2)13-18(24)3)26(34)32(20)15-19-11-12-23(27-14-19)21-9-6-7-10-22(21)25-28-30-31-29-25/h6-7,9-12,14,16-18,24H,4-5,8,13,15H2,1-3H3,(H,28,29,30,31). The molecule has 34 heavy (non-hydrogen) atoms. The molecule has 0 bridgehead atoms. The quantitative estimate of drug-likeness (QED) is 0.420. The predicted octanol–water partition coefficient (Wildman–Crippen LogP) is 4.50. The van der Waals surface area contributed by atoms with Gasteiger partial charge in [-0.3, -0.25) is 14.1 Å². The Hall–Kier alpha value is -3.55. The van der Waals surface area contributed by atoms with Crippen LogP contribution in [-0.4, -0.2) is 34.7 Å². The number of pyridine rings is 1. The van der Waals surface area contributed by atoms with E-state index in [0.29, 0.717) is 30.2 Å². The monoisotopic (exact) mass is 457 g/mol. The molecule has 3 aromatic heterocycles. The van der Waals surface area contributed by atoms with E-state index in [1.165, 1.54) is 6.42 Å². The average molecular weight is 458 g/mol. The first-order chi connectivity index (χ1) is 16.6. The number of hydrogen-bond donors (Lipinski definition) is 1. The van der Waals surface area contributed by atoms with Gasteiger partial charge in [0.05, 0.1) is 12.2 Å². The normalized spacial score (nSPS) is 19.8. The van der Waals surface area contributed by atoms with Gasteiger partial charge in [0, 0.05) is 35.3 Å². The number of hydrogen-bond acceptors (Lipinski definition) is 5. The molecule has 0 radical (unpaired) electrons. The summed E-state index contributed by atoms with van der Waals surface area (Å²) in [7, 11) is 0. The van der Waals surface area contributed by atoms with Crippen LogP contribution in [0.4, 0.5) is 0 Å². The van der Waals surface area contributed by atoms with Gasteiger partial charge in [0.1, 0.15) is 0 Å². The Morgan fingerprint density at radius 1 is 1.09 bits per heavy atom. The molecule has 1 aliphatic rings. The Morgan fingerprint density at radius 3 is 2.53 bits per heavy atom. The number of aromatic amines is 1. The fourth-order valence-electron chi connectivity index (χ4n) is 5.30. The van der Waals surface area contributed by atoms with E-state index in [1.807, 2.05) is 45.7 Å². The second-order valence-electron chi connectivity index (χ2n) is 9.51. The lowest BCUT2D eigenvalue weighted by Crippen LogP contribution is -2.40. The molecule has 2 atom stereocenters. The highest BCUT2D eigenvalue weighted by atomic mass is 16.1. The van der Waals surface area contributed by atoms with Gasteiger partial charge in [-0.2, -0.15) is 5.21 Å². The molecule has 5 rings (SSSR count). The van der Waals surface area contributed by atoms with Crippen molar-refractivity contribution in [3.8, 4) is 22.6 Å². The third-order valence-electron chi connectivity index (χ3n) is 7.06. The van der Waals surface area contributed by atoms with Crippen molar-refractivity contribution in [1.82, 2.24) is 34.7 Å². The van der Waals surface area contributed by atoms with Gasteiger partial charge in [-0.1, -0.05) is 57.5 Å². The van der Waals surface area contributed by atoms with Crippen molar-refractivity contribution in [1.29, 1.82) is 0 Å². The van der Waals surface area contributed by atoms with Crippen LogP contribution in [0.1, 0.15) is 57.3 Å². The van der Waals surface area contributed by atoms with E-state index in [-0.39, 0.29) is 5.69 Å². The largest absolute Gasteiger partial charge is 0.328 e. The van der Waals surface area contributed by atoms with Gasteiger partial charge in [-0.05, 0) is 47.9 Å². The molecule has 8 heteroatoms. The van der Waals surface area contributed by atoms with E-state index >= 15 is 0 Å². The molecule has 176 valence electrons. The van der Waals surface area contributed by atoms with E-state index in [0.717, 1.165) is 47.3 Å². The summed E-state index contributed by atoms with van der Waals surface area (Å²) in [5.74, 6) is 1.62. The maximum atomic E-state index is 13.4. The van der Waals surface area contributed by atoms with Crippen LogP contribution in [0.5, 0.6) is 0 Å². The van der Waals surface area contributed by atoms with Crippen LogP contribution in [0.2, 0.25) is 0 Å². The Labute approximate surface area is 199 Å². The van der Waals surface area contributed by atoms with E-state index in [4.69, 9.17) is 4.98 Å². The summed E-state index contributed by atoms with van der Waals surface area (Å²) in [5.41, 5.74) is 4.86. The maximum Gasteiger partial charge on any atom is 0.328 e. The highest BCUT2D eigenvalue weighted by Gasteiger charge is 2.37. The van der Waals surface area contributed by atoms with Gasteiger partial charge in [0.25, 0.3) is 0 Å². The summed E-state index contributed by atoms with van der Waals surface area (Å²) < 4.78 is 3.93. The molecule has 1 aliphatic carbocycles. The topological polar surface area (TPSA) is 94.3 Å². The summed E-state index contributed by atoms with van der Waals surface area (Å²) in [6.45, 7) is 7.20. The number of rotatable bonds is 8. The predicted molar refractivity (Wildman–Crippen MR) is 131 cm³/mol. The Bertz CT molecular complexity index is 1300. The molecular formula is C26H31N7O. The van der Waals surface area contributed by atoms with Crippen LogP contribution in [0.25, 0.3) is 22.6 Å². The number of aryl methyl sites for hydroxylation is 1. The average Bonchev–Trinajstić information content (AvgIpc) is 3.48. The summed E-state index contributed by atoms with van der Waals surface area (Å²) in [6.07, 6.45) is 8.25. The number of imidazole rings is 1. The zero-order valence-corrected chi connectivity index (χ0v) is 20.0. The summed E-state index contributed by atoms with van der Waals surface area (Å²) >= 11 is 0. The third-order valence-corrected chi connectivity index (χ3v) is 7.06. The summed E-state index contributed by atoms with van der Waals surface area (Å²) in [4.78, 5) is 18.2. The molecule has 1 N–H and O–H groups in total. The van der Waals surface area contributed by atoms with Crippen molar-refractivity contribution in [2.24, 2.45) is 11.8 Å². The molecule has 0 aliphatic heterocycles. The van der Waals surface area contributed by atoms with Crippen molar-refractivity contribution in [2.75, 3.05) is 0 Å². The summed E-state index contributed by atoms with van der Waals surface area (Å²) in [6, 6.07) is 12.2. The fourth-order valence-corrected chi connectivity index (χ4v) is 5.30. The number of nitrogens with one attached hydrogen (secondary N) is 1. The molecule has 4 aromatic rings. The Balaban J connectivity index is 1.44. The first-order valence-electron chi connectivity index (χ1n) is 12.2. The minimum Gasteiger partial charge on any atom is -0.295 e. The van der Waals surface area contributed by atoms with Crippen LogP contribution in [0.15, 0.2) is 53.6 Å². The molecule has 0 spiro atoms. The van der Waals surface area contributed by atoms with E-state index < -0.39 is 0 Å². The minimum absolute atomic E-state index is 0.0982. The maximum absolute atomic E-state index is 13.4. The van der Waals surface area contributed by atoms with E-state index in [1.54, 1.807) is 0 Å². The van der Waals surface area contributed by atoms with E-state index in [9.17, 15) is 4.79 Å². The van der Waals surface area contributed by atoms with Crippen LogP contribution in [-0.2, 0) is 13.0 Å². The second-order valence-corrected chi connectivity index (χ2v) is 9.51. The Kier molecular flexibility index (Phi) is 6.13. The number of aromatic nitrogens is 7. The van der Waals surface area contributed by atoms with Crippen molar-refractivity contribution in [2.45, 2.75) is 59.0 Å². The van der Waals surface area contributed by atoms with Crippen LogP contribution < -0.4 is 5.69 Å². The number of benzene rings is 1. The molecule has 1 aromatic carbocycles. The van der Waals surface area contributed by atoms with Crippen LogP contribution in [0, 0.1) is 11.8 Å². The highest BCUT2D eigenvalue weighted by molar-refractivity contribution is 5.78. The lowest BCUT2D eigenvalue weighted by atomic mass is 9.72. The van der Waals surface area contributed by atoms with Gasteiger partial charge in [-0.25, -0.2) is 4.79 Å². The number of nitrogens with zero attached hydrogens (tertiary/aromatic N) is 6. The van der Waals surface area contributed by atoms with Crippen molar-refractivity contribution < 1.29 is 0 Å². The molecule has 1 saturated carbocycles. The highest BCUT2D eigenvalue weighted by Crippen LogP contribution is 2.43. The van der Waals surface area contributed by atoms with Crippen LogP contribution in [0.3, 0.4) is 0 Å². The van der Waals surface area contributed by atoms with Crippen LogP contribution >= 0.6 is 0 Å². The molecule has 0 amide bonds. The Morgan fingerprint density at radius 2 is 1.88 bits per heavy atom. The fraction of sp³-hybridized carbons (Fsp3) is 0.423. The third kappa shape index (κ3) is 4.08. The first-order valence-corrected chi connectivity index (χ1v) is 12.2. The molecule has 0 saturated heterocycles. The second kappa shape index (κ2) is 9.37. The van der Waals surface area contributed by atoms with E-state index in [2.05, 4.69) is 53.7 Å².